The minimum atomic E-state index is -4.04. The Morgan fingerprint density at radius 1 is 1.07 bits per heavy atom. The van der Waals surface area contributed by atoms with Crippen LogP contribution in [0, 0.1) is 12.7 Å². The van der Waals surface area contributed by atoms with Gasteiger partial charge in [0.2, 0.25) is 5.78 Å². The summed E-state index contributed by atoms with van der Waals surface area (Å²) in [5.74, 6) is -0.245. The number of halogens is 1. The third-order valence-corrected chi connectivity index (χ3v) is 5.57. The minimum Gasteiger partial charge on any atom is -0.288 e. The summed E-state index contributed by atoms with van der Waals surface area (Å²) in [6.07, 6.45) is 3.52. The Hall–Kier alpha value is -3.26. The SMILES string of the molecule is Cc1c(-c2cccc(NS(=O)(=O)c3ccccc3F)c2)nc2ncccn12. The van der Waals surface area contributed by atoms with Crippen LogP contribution in [0.4, 0.5) is 10.1 Å². The number of aromatic nitrogens is 3. The molecule has 2 heterocycles. The average Bonchev–Trinajstić information content (AvgIpc) is 2.99. The van der Waals surface area contributed by atoms with Gasteiger partial charge in [-0.05, 0) is 37.3 Å². The van der Waals surface area contributed by atoms with Crippen LogP contribution in [0.2, 0.25) is 0 Å². The molecule has 0 aliphatic heterocycles. The Balaban J connectivity index is 1.73. The lowest BCUT2D eigenvalue weighted by Gasteiger charge is -2.10. The first kappa shape index (κ1) is 17.2. The van der Waals surface area contributed by atoms with E-state index in [-0.39, 0.29) is 0 Å². The minimum absolute atomic E-state index is 0.320. The van der Waals surface area contributed by atoms with Crippen molar-refractivity contribution in [2.75, 3.05) is 4.72 Å². The molecule has 2 aromatic carbocycles. The molecule has 6 nitrogen and oxygen atoms in total. The Morgan fingerprint density at radius 3 is 2.67 bits per heavy atom. The zero-order valence-corrected chi connectivity index (χ0v) is 15.1. The second kappa shape index (κ2) is 6.48. The predicted octanol–water partition coefficient (Wildman–Crippen LogP) is 3.64. The van der Waals surface area contributed by atoms with Crippen LogP contribution < -0.4 is 4.72 Å². The number of nitrogens with one attached hydrogen (secondary N) is 1. The molecule has 0 saturated heterocycles. The summed E-state index contributed by atoms with van der Waals surface area (Å²) in [7, 11) is -4.04. The number of imidazole rings is 1. The lowest BCUT2D eigenvalue weighted by atomic mass is 10.1. The zero-order valence-electron chi connectivity index (χ0n) is 14.3. The van der Waals surface area contributed by atoms with Crippen LogP contribution in [0.3, 0.4) is 0 Å². The summed E-state index contributed by atoms with van der Waals surface area (Å²) in [5, 5.41) is 0. The van der Waals surface area contributed by atoms with Gasteiger partial charge in [0.15, 0.2) is 0 Å². The molecule has 0 radical (unpaired) electrons. The summed E-state index contributed by atoms with van der Waals surface area (Å²) in [4.78, 5) is 8.33. The van der Waals surface area contributed by atoms with Gasteiger partial charge in [0, 0.05) is 29.3 Å². The molecule has 1 N–H and O–H groups in total. The highest BCUT2D eigenvalue weighted by Crippen LogP contribution is 2.27. The van der Waals surface area contributed by atoms with Crippen molar-refractivity contribution in [3.8, 4) is 11.3 Å². The fraction of sp³-hybridized carbons (Fsp3) is 0.0526. The molecule has 0 aliphatic carbocycles. The Kier molecular flexibility index (Phi) is 4.12. The molecule has 0 saturated carbocycles. The van der Waals surface area contributed by atoms with Crippen LogP contribution in [-0.2, 0) is 10.0 Å². The maximum atomic E-state index is 13.9. The number of benzene rings is 2. The van der Waals surface area contributed by atoms with Gasteiger partial charge in [0.25, 0.3) is 10.0 Å². The monoisotopic (exact) mass is 382 g/mol. The molecule has 0 fully saturated rings. The molecule has 27 heavy (non-hydrogen) atoms. The lowest BCUT2D eigenvalue weighted by molar-refractivity contribution is 0.570. The molecule has 2 aromatic heterocycles. The van der Waals surface area contributed by atoms with Crippen LogP contribution in [0.5, 0.6) is 0 Å². The first-order valence-corrected chi connectivity index (χ1v) is 9.61. The largest absolute Gasteiger partial charge is 0.288 e. The molecule has 0 bridgehead atoms. The van der Waals surface area contributed by atoms with Crippen LogP contribution in [0.25, 0.3) is 17.0 Å². The number of hydrogen-bond donors (Lipinski definition) is 1. The van der Waals surface area contributed by atoms with Gasteiger partial charge >= 0.3 is 0 Å². The number of rotatable bonds is 4. The van der Waals surface area contributed by atoms with Gasteiger partial charge in [-0.3, -0.25) is 9.12 Å². The Labute approximate surface area is 155 Å². The van der Waals surface area contributed by atoms with Crippen LogP contribution in [0.15, 0.2) is 71.9 Å². The third kappa shape index (κ3) is 3.15. The Morgan fingerprint density at radius 2 is 1.89 bits per heavy atom. The van der Waals surface area contributed by atoms with E-state index >= 15 is 0 Å². The number of nitrogens with zero attached hydrogens (tertiary/aromatic N) is 3. The zero-order chi connectivity index (χ0) is 19.0. The fourth-order valence-corrected chi connectivity index (χ4v) is 4.01. The van der Waals surface area contributed by atoms with Gasteiger partial charge in [-0.1, -0.05) is 24.3 Å². The maximum Gasteiger partial charge on any atom is 0.264 e. The van der Waals surface area contributed by atoms with E-state index < -0.39 is 20.7 Å². The highest BCUT2D eigenvalue weighted by molar-refractivity contribution is 7.92. The fourth-order valence-electron chi connectivity index (χ4n) is 2.88. The standard InChI is InChI=1S/C19H15FN4O2S/c1-13-18(22-19-21-10-5-11-24(13)19)14-6-4-7-15(12-14)23-27(25,26)17-9-3-2-8-16(17)20/h2-12,23H,1H3. The molecule has 8 heteroatoms. The normalized spacial score (nSPS) is 11.6. The summed E-state index contributed by atoms with van der Waals surface area (Å²) < 4.78 is 43.1. The van der Waals surface area contributed by atoms with Crippen LogP contribution >= 0.6 is 0 Å². The summed E-state index contributed by atoms with van der Waals surface area (Å²) in [5.41, 5.74) is 2.62. The maximum absolute atomic E-state index is 13.9. The number of aryl methyl sites for hydroxylation is 1. The van der Waals surface area contributed by atoms with Gasteiger partial charge in [-0.15, -0.1) is 0 Å². The van der Waals surface area contributed by atoms with Gasteiger partial charge in [-0.25, -0.2) is 22.8 Å². The van der Waals surface area contributed by atoms with E-state index in [0.717, 1.165) is 17.3 Å². The molecule has 4 rings (SSSR count). The molecule has 0 amide bonds. The number of hydrogen-bond acceptors (Lipinski definition) is 4. The summed E-state index contributed by atoms with van der Waals surface area (Å²) >= 11 is 0. The highest BCUT2D eigenvalue weighted by atomic mass is 32.2. The quantitative estimate of drug-likeness (QED) is 0.585. The van der Waals surface area contributed by atoms with Gasteiger partial charge < -0.3 is 0 Å². The molecule has 136 valence electrons. The summed E-state index contributed by atoms with van der Waals surface area (Å²) in [6.45, 7) is 1.91. The highest BCUT2D eigenvalue weighted by Gasteiger charge is 2.19. The van der Waals surface area contributed by atoms with Crippen molar-refractivity contribution in [1.82, 2.24) is 14.4 Å². The van der Waals surface area contributed by atoms with E-state index in [0.29, 0.717) is 17.2 Å². The van der Waals surface area contributed by atoms with E-state index in [4.69, 9.17) is 0 Å². The van der Waals surface area contributed by atoms with Crippen molar-refractivity contribution in [1.29, 1.82) is 0 Å². The number of sulfonamides is 1. The average molecular weight is 382 g/mol. The predicted molar refractivity (Wildman–Crippen MR) is 100 cm³/mol. The molecular formula is C19H15FN4O2S. The van der Waals surface area contributed by atoms with Crippen molar-refractivity contribution < 1.29 is 12.8 Å². The molecule has 0 atom stereocenters. The lowest BCUT2D eigenvalue weighted by Crippen LogP contribution is -2.14. The number of fused-ring (bicyclic) bond motifs is 1. The van der Waals surface area contributed by atoms with Crippen molar-refractivity contribution in [2.24, 2.45) is 0 Å². The number of anilines is 1. The molecule has 0 unspecified atom stereocenters. The van der Waals surface area contributed by atoms with Gasteiger partial charge in [0.05, 0.1) is 5.69 Å². The smallest absolute Gasteiger partial charge is 0.264 e. The van der Waals surface area contributed by atoms with Crippen LogP contribution in [-0.4, -0.2) is 22.8 Å². The summed E-state index contributed by atoms with van der Waals surface area (Å²) in [6, 6.07) is 13.9. The molecular weight excluding hydrogens is 367 g/mol. The van der Waals surface area contributed by atoms with Crippen molar-refractivity contribution in [2.45, 2.75) is 11.8 Å². The third-order valence-electron chi connectivity index (χ3n) is 4.16. The van der Waals surface area contributed by atoms with E-state index in [1.54, 1.807) is 24.4 Å². The van der Waals surface area contributed by atoms with E-state index in [2.05, 4.69) is 14.7 Å². The van der Waals surface area contributed by atoms with Gasteiger partial charge in [0.1, 0.15) is 10.7 Å². The first-order chi connectivity index (χ1) is 13.0. The van der Waals surface area contributed by atoms with Gasteiger partial charge in [-0.2, -0.15) is 0 Å². The molecule has 0 aliphatic rings. The van der Waals surface area contributed by atoms with Crippen LogP contribution in [0.1, 0.15) is 5.69 Å². The van der Waals surface area contributed by atoms with Crippen molar-refractivity contribution in [3.05, 3.63) is 78.5 Å². The Bertz CT molecular complexity index is 1250. The van der Waals surface area contributed by atoms with E-state index in [1.165, 1.54) is 18.2 Å². The first-order valence-electron chi connectivity index (χ1n) is 8.13. The molecule has 4 aromatic rings. The second-order valence-corrected chi connectivity index (χ2v) is 7.60. The second-order valence-electron chi connectivity index (χ2n) is 5.95. The van der Waals surface area contributed by atoms with E-state index in [9.17, 15) is 12.8 Å². The van der Waals surface area contributed by atoms with E-state index in [1.807, 2.05) is 29.7 Å². The molecule has 0 spiro atoms. The van der Waals surface area contributed by atoms with Crippen molar-refractivity contribution in [3.63, 3.8) is 0 Å². The topological polar surface area (TPSA) is 76.4 Å². The van der Waals surface area contributed by atoms with Crippen molar-refractivity contribution >= 4 is 21.5 Å².